The first-order valence-corrected chi connectivity index (χ1v) is 5.46. The molecule has 2 rings (SSSR count). The fourth-order valence-electron chi connectivity index (χ4n) is 1.68. The highest BCUT2D eigenvalue weighted by Gasteiger charge is 2.16. The van der Waals surface area contributed by atoms with Crippen LogP contribution in [0.3, 0.4) is 0 Å². The van der Waals surface area contributed by atoms with Gasteiger partial charge in [-0.3, -0.25) is 15.1 Å². The Morgan fingerprint density at radius 1 is 1.37 bits per heavy atom. The van der Waals surface area contributed by atoms with Gasteiger partial charge in [0.2, 0.25) is 0 Å². The van der Waals surface area contributed by atoms with Crippen molar-refractivity contribution in [3.05, 3.63) is 58.4 Å². The summed E-state index contributed by atoms with van der Waals surface area (Å²) in [7, 11) is 1.78. The number of rotatable bonds is 3. The van der Waals surface area contributed by atoms with Crippen LogP contribution in [0.2, 0.25) is 0 Å². The zero-order valence-corrected chi connectivity index (χ0v) is 10.1. The molecule has 0 aliphatic heterocycles. The first-order valence-electron chi connectivity index (χ1n) is 5.46. The van der Waals surface area contributed by atoms with Crippen molar-refractivity contribution >= 4 is 17.1 Å². The number of nitro benzene ring substituents is 1. The van der Waals surface area contributed by atoms with Crippen molar-refractivity contribution in [2.45, 2.75) is 0 Å². The van der Waals surface area contributed by atoms with Crippen LogP contribution in [0.5, 0.6) is 0 Å². The summed E-state index contributed by atoms with van der Waals surface area (Å²) in [5.41, 5.74) is 1.28. The van der Waals surface area contributed by atoms with Crippen LogP contribution in [0.15, 0.2) is 42.7 Å². The predicted molar refractivity (Wildman–Crippen MR) is 70.1 cm³/mol. The Bertz CT molecular complexity index is 649. The lowest BCUT2D eigenvalue weighted by Gasteiger charge is -2.18. The van der Waals surface area contributed by atoms with Crippen LogP contribution < -0.4 is 4.90 Å². The van der Waals surface area contributed by atoms with E-state index >= 15 is 0 Å². The Balaban J connectivity index is 2.45. The van der Waals surface area contributed by atoms with Crippen LogP contribution in [0, 0.1) is 21.4 Å². The second kappa shape index (κ2) is 5.14. The molecule has 6 heteroatoms. The molecule has 0 aliphatic carbocycles. The molecule has 0 bridgehead atoms. The lowest BCUT2D eigenvalue weighted by molar-refractivity contribution is -0.385. The molecule has 6 nitrogen and oxygen atoms in total. The molecular weight excluding hydrogens is 244 g/mol. The van der Waals surface area contributed by atoms with Crippen molar-refractivity contribution < 1.29 is 4.92 Å². The van der Waals surface area contributed by atoms with E-state index in [2.05, 4.69) is 4.98 Å². The van der Waals surface area contributed by atoms with Gasteiger partial charge in [-0.15, -0.1) is 0 Å². The SMILES string of the molecule is CN(c1cccnc1)c1ccc(C#N)c([N+](=O)[O-])c1. The van der Waals surface area contributed by atoms with Gasteiger partial charge in [-0.05, 0) is 24.3 Å². The quantitative estimate of drug-likeness (QED) is 0.621. The largest absolute Gasteiger partial charge is 0.343 e. The van der Waals surface area contributed by atoms with E-state index in [-0.39, 0.29) is 11.3 Å². The number of nitro groups is 1. The molecule has 0 unspecified atom stereocenters. The second-order valence-electron chi connectivity index (χ2n) is 3.84. The number of pyridine rings is 1. The number of anilines is 2. The third-order valence-corrected chi connectivity index (χ3v) is 2.72. The van der Waals surface area contributed by atoms with Crippen LogP contribution in [-0.4, -0.2) is 17.0 Å². The first-order chi connectivity index (χ1) is 9.13. The van der Waals surface area contributed by atoms with Crippen molar-refractivity contribution in [2.75, 3.05) is 11.9 Å². The highest BCUT2D eigenvalue weighted by Crippen LogP contribution is 2.28. The van der Waals surface area contributed by atoms with Gasteiger partial charge >= 0.3 is 0 Å². The van der Waals surface area contributed by atoms with Gasteiger partial charge in [-0.25, -0.2) is 0 Å². The van der Waals surface area contributed by atoms with Crippen molar-refractivity contribution in [3.63, 3.8) is 0 Å². The Hall–Kier alpha value is -2.94. The van der Waals surface area contributed by atoms with Crippen LogP contribution in [0.4, 0.5) is 17.1 Å². The first kappa shape index (κ1) is 12.5. The van der Waals surface area contributed by atoms with Gasteiger partial charge in [0.1, 0.15) is 11.6 Å². The Labute approximate surface area is 109 Å². The van der Waals surface area contributed by atoms with E-state index in [9.17, 15) is 10.1 Å². The molecule has 1 aromatic heterocycles. The average Bonchev–Trinajstić information content (AvgIpc) is 2.46. The van der Waals surface area contributed by atoms with E-state index in [0.29, 0.717) is 5.69 Å². The molecule has 0 aliphatic rings. The number of aromatic nitrogens is 1. The molecule has 1 aromatic carbocycles. The minimum atomic E-state index is -0.556. The van der Waals surface area contributed by atoms with Gasteiger partial charge in [-0.1, -0.05) is 0 Å². The number of hydrogen-bond acceptors (Lipinski definition) is 5. The second-order valence-corrected chi connectivity index (χ2v) is 3.84. The normalized spacial score (nSPS) is 9.68. The van der Waals surface area contributed by atoms with Gasteiger partial charge in [0.25, 0.3) is 5.69 Å². The number of hydrogen-bond donors (Lipinski definition) is 0. The van der Waals surface area contributed by atoms with Crippen LogP contribution in [0.1, 0.15) is 5.56 Å². The zero-order valence-electron chi connectivity index (χ0n) is 10.1. The third-order valence-electron chi connectivity index (χ3n) is 2.72. The minimum Gasteiger partial charge on any atom is -0.343 e. The summed E-state index contributed by atoms with van der Waals surface area (Å²) < 4.78 is 0. The van der Waals surface area contributed by atoms with Gasteiger partial charge in [0, 0.05) is 25.0 Å². The molecule has 0 saturated carbocycles. The molecular formula is C13H10N4O2. The summed E-state index contributed by atoms with van der Waals surface area (Å²) in [5.74, 6) is 0. The average molecular weight is 254 g/mol. The molecule has 0 N–H and O–H groups in total. The number of benzene rings is 1. The lowest BCUT2D eigenvalue weighted by atomic mass is 10.1. The fourth-order valence-corrected chi connectivity index (χ4v) is 1.68. The topological polar surface area (TPSA) is 83.1 Å². The zero-order chi connectivity index (χ0) is 13.8. The maximum atomic E-state index is 10.9. The highest BCUT2D eigenvalue weighted by atomic mass is 16.6. The molecule has 2 aromatic rings. The summed E-state index contributed by atoms with van der Waals surface area (Å²) in [6.07, 6.45) is 3.31. The van der Waals surface area contributed by atoms with Gasteiger partial charge in [-0.2, -0.15) is 5.26 Å². The van der Waals surface area contributed by atoms with E-state index in [1.807, 2.05) is 12.1 Å². The van der Waals surface area contributed by atoms with E-state index in [4.69, 9.17) is 5.26 Å². The van der Waals surface area contributed by atoms with Crippen LogP contribution >= 0.6 is 0 Å². The highest BCUT2D eigenvalue weighted by molar-refractivity contribution is 5.66. The molecule has 94 valence electrons. The van der Waals surface area contributed by atoms with Crippen molar-refractivity contribution in [3.8, 4) is 6.07 Å². The van der Waals surface area contributed by atoms with Gasteiger partial charge < -0.3 is 4.90 Å². The lowest BCUT2D eigenvalue weighted by Crippen LogP contribution is -2.10. The molecule has 0 atom stereocenters. The summed E-state index contributed by atoms with van der Waals surface area (Å²) in [6, 6.07) is 9.93. The molecule has 19 heavy (non-hydrogen) atoms. The molecule has 0 amide bonds. The fraction of sp³-hybridized carbons (Fsp3) is 0.0769. The van der Waals surface area contributed by atoms with Crippen molar-refractivity contribution in [1.82, 2.24) is 4.98 Å². The molecule has 0 saturated heterocycles. The third kappa shape index (κ3) is 2.50. The molecule has 1 heterocycles. The monoisotopic (exact) mass is 254 g/mol. The Morgan fingerprint density at radius 3 is 2.74 bits per heavy atom. The summed E-state index contributed by atoms with van der Waals surface area (Å²) in [5, 5.41) is 19.8. The van der Waals surface area contributed by atoms with E-state index in [1.165, 1.54) is 12.1 Å². The number of nitrogens with zero attached hydrogens (tertiary/aromatic N) is 4. The van der Waals surface area contributed by atoms with E-state index in [0.717, 1.165) is 5.69 Å². The Morgan fingerprint density at radius 2 is 2.16 bits per heavy atom. The summed E-state index contributed by atoms with van der Waals surface area (Å²) in [6.45, 7) is 0. The van der Waals surface area contributed by atoms with Crippen molar-refractivity contribution in [2.24, 2.45) is 0 Å². The molecule has 0 fully saturated rings. The van der Waals surface area contributed by atoms with Crippen molar-refractivity contribution in [1.29, 1.82) is 5.26 Å². The minimum absolute atomic E-state index is 0.0494. The van der Waals surface area contributed by atoms with E-state index in [1.54, 1.807) is 36.5 Å². The molecule has 0 spiro atoms. The standard InChI is InChI=1S/C13H10N4O2/c1-16(12-3-2-6-15-9-12)11-5-4-10(8-14)13(7-11)17(18)19/h2-7,9H,1H3. The maximum absolute atomic E-state index is 10.9. The smallest absolute Gasteiger partial charge is 0.289 e. The number of nitriles is 1. The van der Waals surface area contributed by atoms with Gasteiger partial charge in [0.05, 0.1) is 16.8 Å². The summed E-state index contributed by atoms with van der Waals surface area (Å²) >= 11 is 0. The predicted octanol–water partition coefficient (Wildman–Crippen LogP) is 2.63. The van der Waals surface area contributed by atoms with Crippen LogP contribution in [0.25, 0.3) is 0 Å². The van der Waals surface area contributed by atoms with Gasteiger partial charge in [0.15, 0.2) is 0 Å². The molecule has 0 radical (unpaired) electrons. The van der Waals surface area contributed by atoms with E-state index < -0.39 is 4.92 Å². The summed E-state index contributed by atoms with van der Waals surface area (Å²) in [4.78, 5) is 16.1. The van der Waals surface area contributed by atoms with Crippen LogP contribution in [-0.2, 0) is 0 Å². The maximum Gasteiger partial charge on any atom is 0.289 e. The Kier molecular flexibility index (Phi) is 3.39.